The average molecular weight is 282 g/mol. The highest BCUT2D eigenvalue weighted by Crippen LogP contribution is 2.05. The van der Waals surface area contributed by atoms with Crippen molar-refractivity contribution in [3.8, 4) is 0 Å². The van der Waals surface area contributed by atoms with Gasteiger partial charge in [-0.1, -0.05) is 6.92 Å². The summed E-state index contributed by atoms with van der Waals surface area (Å²) in [5.41, 5.74) is 0.355. The molecule has 2 N–H and O–H groups in total. The number of amides is 1. The van der Waals surface area contributed by atoms with Crippen molar-refractivity contribution in [2.75, 3.05) is 23.4 Å². The minimum atomic E-state index is -0.166. The van der Waals surface area contributed by atoms with Crippen molar-refractivity contribution in [3.63, 3.8) is 0 Å². The van der Waals surface area contributed by atoms with Crippen molar-refractivity contribution in [1.82, 2.24) is 15.3 Å². The standard InChI is InChI=1S/C13H22N4OS/c1-4-15-12-9-14-8-11(17-12)13(18)16-10(3)6-7-19-5-2/h8-10H,4-7H2,1-3H3,(H,15,17)(H,16,18). The van der Waals surface area contributed by atoms with E-state index in [2.05, 4.69) is 27.5 Å². The van der Waals surface area contributed by atoms with E-state index < -0.39 is 0 Å². The lowest BCUT2D eigenvalue weighted by Crippen LogP contribution is -2.33. The first-order chi connectivity index (χ1) is 9.17. The van der Waals surface area contributed by atoms with Crippen LogP contribution in [0.3, 0.4) is 0 Å². The Morgan fingerprint density at radius 2 is 2.21 bits per heavy atom. The number of carbonyl (C=O) groups is 1. The summed E-state index contributed by atoms with van der Waals surface area (Å²) in [5.74, 6) is 2.63. The minimum Gasteiger partial charge on any atom is -0.369 e. The first-order valence-corrected chi connectivity index (χ1v) is 7.77. The number of hydrogen-bond donors (Lipinski definition) is 2. The third kappa shape index (κ3) is 5.92. The fraction of sp³-hybridized carbons (Fsp3) is 0.615. The Morgan fingerprint density at radius 3 is 2.89 bits per heavy atom. The summed E-state index contributed by atoms with van der Waals surface area (Å²) < 4.78 is 0. The van der Waals surface area contributed by atoms with Gasteiger partial charge in [0.2, 0.25) is 0 Å². The van der Waals surface area contributed by atoms with Gasteiger partial charge in [-0.3, -0.25) is 9.78 Å². The van der Waals surface area contributed by atoms with Crippen LogP contribution in [0.2, 0.25) is 0 Å². The molecule has 0 radical (unpaired) electrons. The molecule has 1 rings (SSSR count). The van der Waals surface area contributed by atoms with Gasteiger partial charge in [0.05, 0.1) is 12.4 Å². The van der Waals surface area contributed by atoms with Crippen molar-refractivity contribution < 1.29 is 4.79 Å². The smallest absolute Gasteiger partial charge is 0.271 e. The van der Waals surface area contributed by atoms with Crippen LogP contribution >= 0.6 is 11.8 Å². The van der Waals surface area contributed by atoms with Crippen molar-refractivity contribution in [2.45, 2.75) is 33.2 Å². The summed E-state index contributed by atoms with van der Waals surface area (Å²) in [4.78, 5) is 20.2. The average Bonchev–Trinajstić information content (AvgIpc) is 2.39. The number of nitrogens with zero attached hydrogens (tertiary/aromatic N) is 2. The van der Waals surface area contributed by atoms with E-state index in [4.69, 9.17) is 0 Å². The van der Waals surface area contributed by atoms with Gasteiger partial charge >= 0.3 is 0 Å². The third-order valence-corrected chi connectivity index (χ3v) is 3.43. The molecule has 19 heavy (non-hydrogen) atoms. The zero-order valence-corrected chi connectivity index (χ0v) is 12.6. The Bertz CT molecular complexity index is 400. The first kappa shape index (κ1) is 15.8. The lowest BCUT2D eigenvalue weighted by Gasteiger charge is -2.13. The second kappa shape index (κ2) is 8.74. The van der Waals surface area contributed by atoms with Crippen LogP contribution in [0.5, 0.6) is 0 Å². The predicted molar refractivity (Wildman–Crippen MR) is 80.7 cm³/mol. The summed E-state index contributed by atoms with van der Waals surface area (Å²) in [6, 6.07) is 0.149. The van der Waals surface area contributed by atoms with Gasteiger partial charge < -0.3 is 10.6 Å². The van der Waals surface area contributed by atoms with Crippen LogP contribution in [0.25, 0.3) is 0 Å². The fourth-order valence-electron chi connectivity index (χ4n) is 1.52. The Labute approximate surface area is 119 Å². The maximum atomic E-state index is 12.0. The van der Waals surface area contributed by atoms with E-state index in [1.807, 2.05) is 25.6 Å². The van der Waals surface area contributed by atoms with E-state index in [9.17, 15) is 4.79 Å². The number of carbonyl (C=O) groups excluding carboxylic acids is 1. The van der Waals surface area contributed by atoms with Crippen molar-refractivity contribution >= 4 is 23.5 Å². The molecule has 0 aliphatic carbocycles. The van der Waals surface area contributed by atoms with Gasteiger partial charge in [0.25, 0.3) is 5.91 Å². The molecule has 106 valence electrons. The molecule has 1 aromatic rings. The molecule has 0 fully saturated rings. The molecule has 1 unspecified atom stereocenters. The quantitative estimate of drug-likeness (QED) is 0.715. The van der Waals surface area contributed by atoms with Gasteiger partial charge in [-0.25, -0.2) is 4.98 Å². The van der Waals surface area contributed by atoms with E-state index in [0.29, 0.717) is 11.5 Å². The fourth-order valence-corrected chi connectivity index (χ4v) is 2.32. The highest BCUT2D eigenvalue weighted by molar-refractivity contribution is 7.99. The highest BCUT2D eigenvalue weighted by Gasteiger charge is 2.11. The molecule has 0 aromatic carbocycles. The van der Waals surface area contributed by atoms with Crippen molar-refractivity contribution in [2.24, 2.45) is 0 Å². The van der Waals surface area contributed by atoms with Crippen LogP contribution in [0.4, 0.5) is 5.82 Å². The van der Waals surface area contributed by atoms with Crippen LogP contribution in [0.15, 0.2) is 12.4 Å². The molecule has 0 aliphatic heterocycles. The molecule has 5 nitrogen and oxygen atoms in total. The van der Waals surface area contributed by atoms with Gasteiger partial charge in [0, 0.05) is 12.6 Å². The van der Waals surface area contributed by atoms with Crippen LogP contribution < -0.4 is 10.6 Å². The van der Waals surface area contributed by atoms with E-state index in [1.54, 1.807) is 6.20 Å². The summed E-state index contributed by atoms with van der Waals surface area (Å²) in [6.45, 7) is 6.87. The Morgan fingerprint density at radius 1 is 1.42 bits per heavy atom. The zero-order valence-electron chi connectivity index (χ0n) is 11.8. The number of rotatable bonds is 8. The molecule has 0 spiro atoms. The number of anilines is 1. The Hall–Kier alpha value is -1.30. The third-order valence-electron chi connectivity index (χ3n) is 2.50. The summed E-state index contributed by atoms with van der Waals surface area (Å²) in [5, 5.41) is 5.98. The van der Waals surface area contributed by atoms with E-state index in [-0.39, 0.29) is 11.9 Å². The Balaban J connectivity index is 2.50. The monoisotopic (exact) mass is 282 g/mol. The van der Waals surface area contributed by atoms with Crippen molar-refractivity contribution in [1.29, 1.82) is 0 Å². The van der Waals surface area contributed by atoms with E-state index in [0.717, 1.165) is 24.5 Å². The molecule has 1 amide bonds. The molecular weight excluding hydrogens is 260 g/mol. The van der Waals surface area contributed by atoms with Gasteiger partial charge in [0.15, 0.2) is 0 Å². The largest absolute Gasteiger partial charge is 0.369 e. The predicted octanol–water partition coefficient (Wildman–Crippen LogP) is 2.17. The molecule has 1 heterocycles. The topological polar surface area (TPSA) is 66.9 Å². The molecule has 0 bridgehead atoms. The second-order valence-corrected chi connectivity index (χ2v) is 5.57. The maximum absolute atomic E-state index is 12.0. The minimum absolute atomic E-state index is 0.149. The van der Waals surface area contributed by atoms with Gasteiger partial charge in [-0.05, 0) is 31.8 Å². The maximum Gasteiger partial charge on any atom is 0.271 e. The van der Waals surface area contributed by atoms with Crippen LogP contribution in [-0.4, -0.2) is 40.0 Å². The normalized spacial score (nSPS) is 11.9. The number of thioether (sulfide) groups is 1. The second-order valence-electron chi connectivity index (χ2n) is 4.18. The highest BCUT2D eigenvalue weighted by atomic mass is 32.2. The first-order valence-electron chi connectivity index (χ1n) is 6.61. The summed E-state index contributed by atoms with van der Waals surface area (Å²) >= 11 is 1.88. The van der Waals surface area contributed by atoms with Crippen molar-refractivity contribution in [3.05, 3.63) is 18.1 Å². The van der Waals surface area contributed by atoms with Crippen LogP contribution in [0.1, 0.15) is 37.7 Å². The molecule has 0 saturated carbocycles. The molecule has 1 atom stereocenters. The van der Waals surface area contributed by atoms with E-state index in [1.165, 1.54) is 6.20 Å². The SMILES string of the molecule is CCNc1cncc(C(=O)NC(C)CCSCC)n1. The number of hydrogen-bond acceptors (Lipinski definition) is 5. The van der Waals surface area contributed by atoms with Crippen LogP contribution in [0, 0.1) is 0 Å². The lowest BCUT2D eigenvalue weighted by atomic mass is 10.2. The number of aromatic nitrogens is 2. The lowest BCUT2D eigenvalue weighted by molar-refractivity contribution is 0.0934. The van der Waals surface area contributed by atoms with Gasteiger partial charge in [-0.15, -0.1) is 0 Å². The molecular formula is C13H22N4OS. The summed E-state index contributed by atoms with van der Waals surface area (Å²) in [6.07, 6.45) is 4.07. The molecule has 0 aliphatic rings. The van der Waals surface area contributed by atoms with E-state index >= 15 is 0 Å². The zero-order chi connectivity index (χ0) is 14.1. The molecule has 1 aromatic heterocycles. The molecule has 0 saturated heterocycles. The summed E-state index contributed by atoms with van der Waals surface area (Å²) in [7, 11) is 0. The molecule has 6 heteroatoms. The van der Waals surface area contributed by atoms with Gasteiger partial charge in [0.1, 0.15) is 11.5 Å². The Kier molecular flexibility index (Phi) is 7.25. The van der Waals surface area contributed by atoms with Crippen LogP contribution in [-0.2, 0) is 0 Å². The number of nitrogens with one attached hydrogen (secondary N) is 2. The van der Waals surface area contributed by atoms with Gasteiger partial charge in [-0.2, -0.15) is 11.8 Å².